The van der Waals surface area contributed by atoms with E-state index in [9.17, 15) is 9.59 Å². The number of thiophene rings is 1. The number of amides is 1. The van der Waals surface area contributed by atoms with Crippen molar-refractivity contribution in [3.05, 3.63) is 74.9 Å². The zero-order valence-electron chi connectivity index (χ0n) is 14.8. The zero-order valence-corrected chi connectivity index (χ0v) is 15.6. The van der Waals surface area contributed by atoms with Crippen molar-refractivity contribution < 1.29 is 9.53 Å². The van der Waals surface area contributed by atoms with Crippen LogP contribution in [-0.2, 0) is 0 Å². The summed E-state index contributed by atoms with van der Waals surface area (Å²) in [5.74, 6) is 0.283. The summed E-state index contributed by atoms with van der Waals surface area (Å²) < 4.78 is 5.37. The predicted molar refractivity (Wildman–Crippen MR) is 104 cm³/mol. The number of rotatable bonds is 5. The molecule has 0 saturated carbocycles. The second-order valence-electron chi connectivity index (χ2n) is 6.03. The van der Waals surface area contributed by atoms with Gasteiger partial charge >= 0.3 is 0 Å². The number of hydrogen-bond acceptors (Lipinski definition) is 4. The summed E-state index contributed by atoms with van der Waals surface area (Å²) in [4.78, 5) is 28.6. The van der Waals surface area contributed by atoms with E-state index in [1.54, 1.807) is 19.2 Å². The van der Waals surface area contributed by atoms with Gasteiger partial charge in [0.15, 0.2) is 0 Å². The maximum Gasteiger partial charge on any atom is 0.261 e. The minimum absolute atomic E-state index is 0.0868. The van der Waals surface area contributed by atoms with E-state index in [-0.39, 0.29) is 11.6 Å². The Morgan fingerprint density at radius 3 is 2.69 bits per heavy atom. The molecular formula is C20H20N2O3S. The second-order valence-corrected chi connectivity index (χ2v) is 6.98. The lowest BCUT2D eigenvalue weighted by molar-refractivity contribution is 0.0938. The molecular weight excluding hydrogens is 348 g/mol. The molecule has 5 nitrogen and oxygen atoms in total. The summed E-state index contributed by atoms with van der Waals surface area (Å²) in [6.45, 7) is 3.84. The Morgan fingerprint density at radius 1 is 1.23 bits per heavy atom. The highest BCUT2D eigenvalue weighted by atomic mass is 32.1. The molecule has 0 aliphatic carbocycles. The average Bonchev–Trinajstić information content (AvgIpc) is 3.16. The maximum absolute atomic E-state index is 12.6. The van der Waals surface area contributed by atoms with Crippen LogP contribution in [0, 0.1) is 6.92 Å². The number of nitrogens with one attached hydrogen (secondary N) is 2. The molecule has 1 atom stereocenters. The third kappa shape index (κ3) is 3.70. The Bertz CT molecular complexity index is 977. The van der Waals surface area contributed by atoms with Gasteiger partial charge in [0.25, 0.3) is 11.5 Å². The van der Waals surface area contributed by atoms with Crippen LogP contribution in [0.2, 0.25) is 0 Å². The number of methoxy groups -OCH3 is 1. The number of aryl methyl sites for hydroxylation is 1. The van der Waals surface area contributed by atoms with Crippen LogP contribution in [-0.4, -0.2) is 18.0 Å². The molecule has 0 aliphatic rings. The molecule has 134 valence electrons. The van der Waals surface area contributed by atoms with Crippen molar-refractivity contribution in [3.63, 3.8) is 0 Å². The first-order valence-corrected chi connectivity index (χ1v) is 9.10. The quantitative estimate of drug-likeness (QED) is 0.717. The highest BCUT2D eigenvalue weighted by Gasteiger charge is 2.18. The van der Waals surface area contributed by atoms with Crippen LogP contribution < -0.4 is 15.6 Å². The topological polar surface area (TPSA) is 71.2 Å². The molecule has 2 heterocycles. The number of aromatic nitrogens is 1. The first kappa shape index (κ1) is 17.9. The molecule has 1 amide bonds. The molecule has 0 radical (unpaired) electrons. The van der Waals surface area contributed by atoms with Gasteiger partial charge in [-0.25, -0.2) is 0 Å². The van der Waals surface area contributed by atoms with Gasteiger partial charge in [0.2, 0.25) is 0 Å². The third-order valence-corrected chi connectivity index (χ3v) is 5.04. The minimum Gasteiger partial charge on any atom is -0.496 e. The summed E-state index contributed by atoms with van der Waals surface area (Å²) in [6.07, 6.45) is 0. The van der Waals surface area contributed by atoms with Crippen molar-refractivity contribution >= 4 is 17.2 Å². The SMILES string of the molecule is COc1ccc(C)cc1[C@@H](C)NC(=O)c1ccc(-c2cccs2)[nH]c1=O. The predicted octanol–water partition coefficient (Wildman–Crippen LogP) is 3.91. The fourth-order valence-corrected chi connectivity index (χ4v) is 3.48. The minimum atomic E-state index is -0.417. The lowest BCUT2D eigenvalue weighted by atomic mass is 10.0. The van der Waals surface area contributed by atoms with E-state index < -0.39 is 11.5 Å². The molecule has 2 aromatic heterocycles. The first-order chi connectivity index (χ1) is 12.5. The van der Waals surface area contributed by atoms with Crippen LogP contribution in [0.5, 0.6) is 5.75 Å². The van der Waals surface area contributed by atoms with E-state index >= 15 is 0 Å². The van der Waals surface area contributed by atoms with Gasteiger partial charge in [-0.2, -0.15) is 0 Å². The van der Waals surface area contributed by atoms with Crippen LogP contribution in [0.4, 0.5) is 0 Å². The van der Waals surface area contributed by atoms with E-state index in [0.717, 1.165) is 16.0 Å². The molecule has 0 bridgehead atoms. The molecule has 0 aliphatic heterocycles. The van der Waals surface area contributed by atoms with Crippen LogP contribution in [0.3, 0.4) is 0 Å². The molecule has 3 rings (SSSR count). The molecule has 26 heavy (non-hydrogen) atoms. The normalized spacial score (nSPS) is 11.8. The standard InChI is InChI=1S/C20H20N2O3S/c1-12-6-9-17(25-3)15(11-12)13(2)21-19(23)14-7-8-16(22-20(14)24)18-5-4-10-26-18/h4-11,13H,1-3H3,(H,21,23)(H,22,24)/t13-/m1/s1. The summed E-state index contributed by atoms with van der Waals surface area (Å²) in [6, 6.07) is 12.6. The average molecular weight is 368 g/mol. The Hall–Kier alpha value is -2.86. The number of hydrogen-bond donors (Lipinski definition) is 2. The van der Waals surface area contributed by atoms with E-state index in [2.05, 4.69) is 10.3 Å². The van der Waals surface area contributed by atoms with Crippen molar-refractivity contribution in [3.8, 4) is 16.3 Å². The number of benzene rings is 1. The Balaban J connectivity index is 1.82. The van der Waals surface area contributed by atoms with Crippen LogP contribution >= 0.6 is 11.3 Å². The van der Waals surface area contributed by atoms with Crippen LogP contribution in [0.1, 0.15) is 34.5 Å². The third-order valence-electron chi connectivity index (χ3n) is 4.14. The molecule has 0 fully saturated rings. The number of pyridine rings is 1. The van der Waals surface area contributed by atoms with Crippen molar-refractivity contribution in [2.24, 2.45) is 0 Å². The van der Waals surface area contributed by atoms with E-state index in [0.29, 0.717) is 11.4 Å². The molecule has 1 aromatic carbocycles. The Morgan fingerprint density at radius 2 is 2.04 bits per heavy atom. The zero-order chi connectivity index (χ0) is 18.7. The molecule has 0 unspecified atom stereocenters. The summed E-state index contributed by atoms with van der Waals surface area (Å²) in [7, 11) is 1.59. The number of H-pyrrole nitrogens is 1. The fourth-order valence-electron chi connectivity index (χ4n) is 2.77. The van der Waals surface area contributed by atoms with E-state index in [1.165, 1.54) is 11.3 Å². The van der Waals surface area contributed by atoms with E-state index in [4.69, 9.17) is 4.74 Å². The lowest BCUT2D eigenvalue weighted by Crippen LogP contribution is -2.31. The largest absolute Gasteiger partial charge is 0.496 e. The summed E-state index contributed by atoms with van der Waals surface area (Å²) >= 11 is 1.53. The van der Waals surface area contributed by atoms with Crippen molar-refractivity contribution in [2.45, 2.75) is 19.9 Å². The monoisotopic (exact) mass is 368 g/mol. The number of carbonyl (C=O) groups is 1. The second kappa shape index (κ2) is 7.58. The van der Waals surface area contributed by atoms with Gasteiger partial charge in [-0.3, -0.25) is 9.59 Å². The maximum atomic E-state index is 12.6. The molecule has 6 heteroatoms. The molecule has 0 saturated heterocycles. The van der Waals surface area contributed by atoms with Gasteiger partial charge in [-0.1, -0.05) is 23.8 Å². The van der Waals surface area contributed by atoms with Crippen LogP contribution in [0.25, 0.3) is 10.6 Å². The van der Waals surface area contributed by atoms with Gasteiger partial charge < -0.3 is 15.0 Å². The number of ether oxygens (including phenoxy) is 1. The number of aromatic amines is 1. The van der Waals surface area contributed by atoms with Gasteiger partial charge in [-0.15, -0.1) is 11.3 Å². The molecule has 0 spiro atoms. The van der Waals surface area contributed by atoms with Crippen molar-refractivity contribution in [1.29, 1.82) is 0 Å². The van der Waals surface area contributed by atoms with Crippen molar-refractivity contribution in [1.82, 2.24) is 10.3 Å². The van der Waals surface area contributed by atoms with Gasteiger partial charge in [0, 0.05) is 5.56 Å². The fraction of sp³-hybridized carbons (Fsp3) is 0.200. The van der Waals surface area contributed by atoms with Crippen molar-refractivity contribution in [2.75, 3.05) is 7.11 Å². The first-order valence-electron chi connectivity index (χ1n) is 8.22. The molecule has 2 N–H and O–H groups in total. The molecule has 3 aromatic rings. The van der Waals surface area contributed by atoms with Crippen LogP contribution in [0.15, 0.2) is 52.6 Å². The number of carbonyl (C=O) groups excluding carboxylic acids is 1. The van der Waals surface area contributed by atoms with E-state index in [1.807, 2.05) is 49.6 Å². The smallest absolute Gasteiger partial charge is 0.261 e. The highest BCUT2D eigenvalue weighted by molar-refractivity contribution is 7.13. The van der Waals surface area contributed by atoms with Gasteiger partial charge in [-0.05, 0) is 43.5 Å². The summed E-state index contributed by atoms with van der Waals surface area (Å²) in [5, 5.41) is 4.81. The highest BCUT2D eigenvalue weighted by Crippen LogP contribution is 2.26. The van der Waals surface area contributed by atoms with Gasteiger partial charge in [0.1, 0.15) is 11.3 Å². The Kier molecular flexibility index (Phi) is 5.23. The van der Waals surface area contributed by atoms with Gasteiger partial charge in [0.05, 0.1) is 23.7 Å². The lowest BCUT2D eigenvalue weighted by Gasteiger charge is -2.18. The Labute approximate surface area is 155 Å². The summed E-state index contributed by atoms with van der Waals surface area (Å²) in [5.41, 5.74) is 2.32.